The molecule has 0 radical (unpaired) electrons. The van der Waals surface area contributed by atoms with Crippen LogP contribution in [0.2, 0.25) is 0 Å². The van der Waals surface area contributed by atoms with Crippen molar-refractivity contribution in [3.63, 3.8) is 0 Å². The lowest BCUT2D eigenvalue weighted by Crippen LogP contribution is -2.03. The Hall–Kier alpha value is -3.16. The average molecular weight is 359 g/mol. The van der Waals surface area contributed by atoms with Crippen LogP contribution in [0.25, 0.3) is 0 Å². The minimum atomic E-state index is -0.631. The Bertz CT molecular complexity index is 755. The van der Waals surface area contributed by atoms with Crippen LogP contribution in [0.4, 0.5) is 22.7 Å². The standard InChI is InChI=1S/C18H21N3O5/c1-3-4-5-10-26-15-8-6-14(7-9-15)19-18-16(20(22)23)11-13(2)12-17(18)21(24)25/h6-9,11-12,19H,3-5,10H2,1-2H3. The van der Waals surface area contributed by atoms with Gasteiger partial charge >= 0.3 is 0 Å². The van der Waals surface area contributed by atoms with Gasteiger partial charge in [-0.15, -0.1) is 0 Å². The summed E-state index contributed by atoms with van der Waals surface area (Å²) in [5, 5.41) is 25.4. The maximum atomic E-state index is 11.3. The van der Waals surface area contributed by atoms with Gasteiger partial charge in [0.1, 0.15) is 5.75 Å². The number of unbranched alkanes of at least 4 members (excludes halogenated alkanes) is 2. The minimum Gasteiger partial charge on any atom is -0.494 e. The van der Waals surface area contributed by atoms with Crippen molar-refractivity contribution in [1.29, 1.82) is 0 Å². The van der Waals surface area contributed by atoms with E-state index in [1.165, 1.54) is 12.1 Å². The second-order valence-corrected chi connectivity index (χ2v) is 5.90. The van der Waals surface area contributed by atoms with E-state index < -0.39 is 9.85 Å². The first kappa shape index (κ1) is 19.2. The molecule has 0 amide bonds. The van der Waals surface area contributed by atoms with Crippen molar-refractivity contribution in [3.05, 3.63) is 62.2 Å². The van der Waals surface area contributed by atoms with Gasteiger partial charge in [-0.2, -0.15) is 0 Å². The van der Waals surface area contributed by atoms with Gasteiger partial charge in [0.05, 0.1) is 16.5 Å². The molecule has 0 spiro atoms. The molecule has 0 unspecified atom stereocenters. The summed E-state index contributed by atoms with van der Waals surface area (Å²) in [5.74, 6) is 0.680. The zero-order valence-electron chi connectivity index (χ0n) is 14.7. The molecule has 0 saturated carbocycles. The predicted octanol–water partition coefficient (Wildman–Crippen LogP) is 5.12. The van der Waals surface area contributed by atoms with E-state index in [1.807, 2.05) is 0 Å². The van der Waals surface area contributed by atoms with Gasteiger partial charge in [0.2, 0.25) is 0 Å². The maximum Gasteiger partial charge on any atom is 0.300 e. The van der Waals surface area contributed by atoms with Gasteiger partial charge in [-0.05, 0) is 43.2 Å². The van der Waals surface area contributed by atoms with Gasteiger partial charge in [-0.1, -0.05) is 19.8 Å². The van der Waals surface area contributed by atoms with Crippen LogP contribution >= 0.6 is 0 Å². The topological polar surface area (TPSA) is 108 Å². The van der Waals surface area contributed by atoms with Crippen molar-refractivity contribution < 1.29 is 14.6 Å². The van der Waals surface area contributed by atoms with E-state index in [2.05, 4.69) is 12.2 Å². The molecule has 0 aliphatic rings. The van der Waals surface area contributed by atoms with Crippen LogP contribution in [0, 0.1) is 27.2 Å². The van der Waals surface area contributed by atoms with E-state index in [1.54, 1.807) is 31.2 Å². The number of anilines is 2. The molecule has 0 aliphatic heterocycles. The van der Waals surface area contributed by atoms with Crippen LogP contribution in [0.1, 0.15) is 31.7 Å². The third-order valence-electron chi connectivity index (χ3n) is 3.77. The second kappa shape index (κ2) is 8.80. The molecule has 138 valence electrons. The average Bonchev–Trinajstić information content (AvgIpc) is 2.60. The molecule has 0 fully saturated rings. The largest absolute Gasteiger partial charge is 0.494 e. The molecule has 0 atom stereocenters. The Kier molecular flexibility index (Phi) is 6.48. The molecular formula is C18H21N3O5. The fraction of sp³-hybridized carbons (Fsp3) is 0.333. The third kappa shape index (κ3) is 4.92. The molecule has 0 aromatic heterocycles. The van der Waals surface area contributed by atoms with Crippen molar-refractivity contribution in [3.8, 4) is 5.75 Å². The summed E-state index contributed by atoms with van der Waals surface area (Å²) in [6.45, 7) is 4.31. The van der Waals surface area contributed by atoms with Crippen molar-refractivity contribution >= 4 is 22.7 Å². The lowest BCUT2D eigenvalue weighted by Gasteiger charge is -2.10. The number of aryl methyl sites for hydroxylation is 1. The highest BCUT2D eigenvalue weighted by atomic mass is 16.6. The Morgan fingerprint density at radius 3 is 2.08 bits per heavy atom. The van der Waals surface area contributed by atoms with Crippen molar-refractivity contribution in [1.82, 2.24) is 0 Å². The number of hydrogen-bond acceptors (Lipinski definition) is 6. The van der Waals surface area contributed by atoms with Gasteiger partial charge < -0.3 is 10.1 Å². The first-order valence-corrected chi connectivity index (χ1v) is 8.35. The molecular weight excluding hydrogens is 338 g/mol. The SMILES string of the molecule is CCCCCOc1ccc(Nc2c([N+](=O)[O-])cc(C)cc2[N+](=O)[O-])cc1. The van der Waals surface area contributed by atoms with E-state index in [0.29, 0.717) is 23.6 Å². The molecule has 0 bridgehead atoms. The van der Waals surface area contributed by atoms with Crippen LogP contribution < -0.4 is 10.1 Å². The summed E-state index contributed by atoms with van der Waals surface area (Å²) in [6, 6.07) is 9.40. The molecule has 1 N–H and O–H groups in total. The van der Waals surface area contributed by atoms with Crippen molar-refractivity contribution in [2.45, 2.75) is 33.1 Å². The number of nitrogens with zero attached hydrogens (tertiary/aromatic N) is 2. The molecule has 0 aliphatic carbocycles. The molecule has 8 nitrogen and oxygen atoms in total. The van der Waals surface area contributed by atoms with E-state index in [9.17, 15) is 20.2 Å². The number of hydrogen-bond donors (Lipinski definition) is 1. The van der Waals surface area contributed by atoms with E-state index in [-0.39, 0.29) is 17.1 Å². The lowest BCUT2D eigenvalue weighted by atomic mass is 10.1. The zero-order chi connectivity index (χ0) is 19.1. The third-order valence-corrected chi connectivity index (χ3v) is 3.77. The Labute approximate surface area is 151 Å². The predicted molar refractivity (Wildman–Crippen MR) is 99.2 cm³/mol. The van der Waals surface area contributed by atoms with Gasteiger partial charge in [0, 0.05) is 17.8 Å². The van der Waals surface area contributed by atoms with Gasteiger partial charge in [-0.3, -0.25) is 20.2 Å². The summed E-state index contributed by atoms with van der Waals surface area (Å²) in [7, 11) is 0. The number of rotatable bonds is 9. The highest BCUT2D eigenvalue weighted by Crippen LogP contribution is 2.37. The minimum absolute atomic E-state index is 0.137. The quantitative estimate of drug-likeness (QED) is 0.378. The van der Waals surface area contributed by atoms with Crippen LogP contribution in [-0.2, 0) is 0 Å². The number of nitro groups is 2. The fourth-order valence-corrected chi connectivity index (χ4v) is 2.49. The summed E-state index contributed by atoms with van der Waals surface area (Å²) in [6.07, 6.45) is 3.18. The molecule has 26 heavy (non-hydrogen) atoms. The normalized spacial score (nSPS) is 10.4. The molecule has 2 rings (SSSR count). The highest BCUT2D eigenvalue weighted by molar-refractivity contribution is 5.79. The second-order valence-electron chi connectivity index (χ2n) is 5.90. The van der Waals surface area contributed by atoms with Gasteiger partial charge in [0.25, 0.3) is 11.4 Å². The van der Waals surface area contributed by atoms with E-state index in [4.69, 9.17) is 4.74 Å². The maximum absolute atomic E-state index is 11.3. The van der Waals surface area contributed by atoms with Gasteiger partial charge in [-0.25, -0.2) is 0 Å². The molecule has 2 aromatic rings. The Morgan fingerprint density at radius 1 is 1.00 bits per heavy atom. The molecule has 0 saturated heterocycles. The summed E-state index contributed by atoms with van der Waals surface area (Å²) >= 11 is 0. The van der Waals surface area contributed by atoms with Crippen LogP contribution in [-0.4, -0.2) is 16.5 Å². The molecule has 8 heteroatoms. The first-order chi connectivity index (χ1) is 12.4. The summed E-state index contributed by atoms with van der Waals surface area (Å²) < 4.78 is 5.61. The smallest absolute Gasteiger partial charge is 0.300 e. The fourth-order valence-electron chi connectivity index (χ4n) is 2.49. The zero-order valence-corrected chi connectivity index (χ0v) is 14.7. The lowest BCUT2D eigenvalue weighted by molar-refractivity contribution is -0.392. The Balaban J connectivity index is 2.22. The number of nitro benzene ring substituents is 2. The molecule has 2 aromatic carbocycles. The Morgan fingerprint density at radius 2 is 1.58 bits per heavy atom. The highest BCUT2D eigenvalue weighted by Gasteiger charge is 2.26. The summed E-state index contributed by atoms with van der Waals surface area (Å²) in [5.41, 5.74) is 0.140. The van der Waals surface area contributed by atoms with Crippen LogP contribution in [0.3, 0.4) is 0 Å². The van der Waals surface area contributed by atoms with E-state index >= 15 is 0 Å². The number of nitrogens with one attached hydrogen (secondary N) is 1. The summed E-state index contributed by atoms with van der Waals surface area (Å²) in [4.78, 5) is 21.3. The van der Waals surface area contributed by atoms with Gasteiger partial charge in [0.15, 0.2) is 5.69 Å². The van der Waals surface area contributed by atoms with Crippen LogP contribution in [0.5, 0.6) is 5.75 Å². The van der Waals surface area contributed by atoms with E-state index in [0.717, 1.165) is 19.3 Å². The van der Waals surface area contributed by atoms with Crippen molar-refractivity contribution in [2.24, 2.45) is 0 Å². The molecule has 0 heterocycles. The number of ether oxygens (including phenoxy) is 1. The number of benzene rings is 2. The van der Waals surface area contributed by atoms with Crippen LogP contribution in [0.15, 0.2) is 36.4 Å². The monoisotopic (exact) mass is 359 g/mol. The van der Waals surface area contributed by atoms with Crippen molar-refractivity contribution in [2.75, 3.05) is 11.9 Å². The first-order valence-electron chi connectivity index (χ1n) is 8.35.